The van der Waals surface area contributed by atoms with Crippen LogP contribution in [0.5, 0.6) is 5.75 Å². The minimum atomic E-state index is -1.92. The molecule has 2 heterocycles. The van der Waals surface area contributed by atoms with E-state index in [1.54, 1.807) is 0 Å². The fraction of sp³-hybridized carbons (Fsp3) is 0.333. The van der Waals surface area contributed by atoms with Crippen LogP contribution in [0.25, 0.3) is 0 Å². The highest BCUT2D eigenvalue weighted by atomic mass is 19.1. The highest BCUT2D eigenvalue weighted by molar-refractivity contribution is 6.03. The number of ether oxygens (including phenoxy) is 2. The van der Waals surface area contributed by atoms with Gasteiger partial charge in [-0.3, -0.25) is 4.79 Å². The molecule has 2 fully saturated rings. The minimum Gasteiger partial charge on any atom is -0.479 e. The van der Waals surface area contributed by atoms with Crippen molar-refractivity contribution in [2.24, 2.45) is 5.92 Å². The summed E-state index contributed by atoms with van der Waals surface area (Å²) >= 11 is 0. The lowest BCUT2D eigenvalue weighted by atomic mass is 9.78. The Bertz CT molecular complexity index is 1600. The Morgan fingerprint density at radius 1 is 0.952 bits per heavy atom. The van der Waals surface area contributed by atoms with E-state index < -0.39 is 102 Å². The second-order valence-electron chi connectivity index (χ2n) is 9.99. The molecule has 0 aliphatic carbocycles. The zero-order valence-electron chi connectivity index (χ0n) is 25.7. The van der Waals surface area contributed by atoms with E-state index in [-0.39, 0.29) is 18.6 Å². The molecule has 8 atom stereocenters. The van der Waals surface area contributed by atoms with E-state index >= 15 is 0 Å². The van der Waals surface area contributed by atoms with Crippen molar-refractivity contribution < 1.29 is 58.9 Å². The van der Waals surface area contributed by atoms with Gasteiger partial charge in [0.05, 0.1) is 23.5 Å². The van der Waals surface area contributed by atoms with Gasteiger partial charge < -0.3 is 39.9 Å². The van der Waals surface area contributed by atoms with Crippen molar-refractivity contribution in [2.45, 2.75) is 55.7 Å². The lowest BCUT2D eigenvalue weighted by Gasteiger charge is -2.48. The van der Waals surface area contributed by atoms with Crippen LogP contribution >= 0.6 is 0 Å². The van der Waals surface area contributed by atoms with Gasteiger partial charge in [0.15, 0.2) is 6.10 Å². The van der Waals surface area contributed by atoms with Gasteiger partial charge in [-0.2, -0.15) is 0 Å². The molecule has 0 saturated carbocycles. The number of amides is 1. The van der Waals surface area contributed by atoms with Gasteiger partial charge in [0.1, 0.15) is 35.7 Å². The monoisotopic (exact) mass is 589 g/mol. The quantitative estimate of drug-likeness (QED) is 0.237. The van der Waals surface area contributed by atoms with Crippen LogP contribution in [0.4, 0.5) is 14.5 Å². The Morgan fingerprint density at radius 2 is 1.60 bits per heavy atom. The van der Waals surface area contributed by atoms with Crippen molar-refractivity contribution in [1.82, 2.24) is 0 Å². The molecule has 5 unspecified atom stereocenters. The molecule has 222 valence electrons. The van der Waals surface area contributed by atoms with Crippen LogP contribution in [0.1, 0.15) is 41.6 Å². The summed E-state index contributed by atoms with van der Waals surface area (Å²) in [6.45, 7) is 0. The van der Waals surface area contributed by atoms with Gasteiger partial charge in [0, 0.05) is 5.69 Å². The smallest absolute Gasteiger partial charge is 0.335 e. The van der Waals surface area contributed by atoms with E-state index in [4.69, 9.17) is 15.0 Å². The molecule has 2 aliphatic rings. The number of aliphatic hydroxyl groups excluding tert-OH is 4. The standard InChI is InChI=1S/C30H29F2NO9/c31-17-5-1-15(2-6-17)22(34)14-13-21-23(33(28(21)38)19-9-7-18(32)8-10-19)16-3-11-20(12-4-16)41-30-26(37)24(35)25(36)27(42-30)29(39)40/h1-12,21-27,30,34-37H,13-14H2,(H,39,40)/t21-,22+,23-,24?,25?,26?,27?,30?/m1/s1/i7D,8D,9D,10D. The summed E-state index contributed by atoms with van der Waals surface area (Å²) in [6, 6.07) is 6.48. The number of aliphatic hydroxyl groups is 4. The lowest BCUT2D eigenvalue weighted by Crippen LogP contribution is -2.61. The van der Waals surface area contributed by atoms with Crippen LogP contribution < -0.4 is 9.64 Å². The first-order valence-corrected chi connectivity index (χ1v) is 12.9. The molecular formula is C30H29F2NO9. The molecule has 12 heteroatoms. The zero-order chi connectivity index (χ0) is 33.6. The number of carbonyl (C=O) groups excluding carboxylic acids is 1. The van der Waals surface area contributed by atoms with E-state index in [9.17, 15) is 43.9 Å². The van der Waals surface area contributed by atoms with Gasteiger partial charge in [-0.05, 0) is 72.4 Å². The fourth-order valence-corrected chi connectivity index (χ4v) is 5.09. The first kappa shape index (κ1) is 24.6. The van der Waals surface area contributed by atoms with Crippen LogP contribution in [0.2, 0.25) is 0 Å². The second-order valence-corrected chi connectivity index (χ2v) is 9.99. The number of anilines is 1. The van der Waals surface area contributed by atoms with Gasteiger partial charge in [-0.25, -0.2) is 13.6 Å². The Morgan fingerprint density at radius 3 is 2.21 bits per heavy atom. The molecular weight excluding hydrogens is 556 g/mol. The SMILES string of the molecule is [2H]c1c([2H])c(N2C(=O)[C@H](CC[C@H](O)c3ccc(F)cc3)[C@H]2c2ccc(OC3OC(C(=O)O)C(O)C(O)C3O)cc2)c([2H])c([2H])c1F. The number of nitrogens with zero attached hydrogens (tertiary/aromatic N) is 1. The number of hydrogen-bond donors (Lipinski definition) is 5. The first-order valence-electron chi connectivity index (χ1n) is 14.9. The van der Waals surface area contributed by atoms with Crippen molar-refractivity contribution in [2.75, 3.05) is 4.90 Å². The number of aliphatic carboxylic acids is 1. The Balaban J connectivity index is 1.43. The normalized spacial score (nSPS) is 29.5. The van der Waals surface area contributed by atoms with Crippen LogP contribution in [-0.2, 0) is 14.3 Å². The molecule has 1 amide bonds. The average Bonchev–Trinajstić information content (AvgIpc) is 3.04. The van der Waals surface area contributed by atoms with Crippen molar-refractivity contribution in [1.29, 1.82) is 0 Å². The summed E-state index contributed by atoms with van der Waals surface area (Å²) in [4.78, 5) is 25.9. The molecule has 5 rings (SSSR count). The van der Waals surface area contributed by atoms with E-state index in [1.807, 2.05) is 0 Å². The van der Waals surface area contributed by atoms with E-state index in [0.717, 1.165) is 4.90 Å². The minimum absolute atomic E-state index is 0.0204. The number of halogens is 2. The van der Waals surface area contributed by atoms with Crippen LogP contribution in [0.3, 0.4) is 0 Å². The Kier molecular flexibility index (Phi) is 7.11. The first-order chi connectivity index (χ1) is 21.7. The molecule has 3 aromatic rings. The predicted molar refractivity (Wildman–Crippen MR) is 142 cm³/mol. The predicted octanol–water partition coefficient (Wildman–Crippen LogP) is 2.45. The molecule has 42 heavy (non-hydrogen) atoms. The van der Waals surface area contributed by atoms with E-state index in [1.165, 1.54) is 48.5 Å². The third-order valence-electron chi connectivity index (χ3n) is 7.33. The number of β-lactam (4-membered cyclic amide) rings is 1. The van der Waals surface area contributed by atoms with Crippen LogP contribution in [0, 0.1) is 17.6 Å². The van der Waals surface area contributed by atoms with Crippen molar-refractivity contribution >= 4 is 17.6 Å². The molecule has 0 aromatic heterocycles. The van der Waals surface area contributed by atoms with Crippen molar-refractivity contribution in [3.63, 3.8) is 0 Å². The summed E-state index contributed by atoms with van der Waals surface area (Å²) in [5, 5.41) is 50.2. The number of carbonyl (C=O) groups is 2. The number of benzene rings is 3. The average molecular weight is 590 g/mol. The zero-order valence-corrected chi connectivity index (χ0v) is 21.7. The van der Waals surface area contributed by atoms with E-state index in [2.05, 4.69) is 0 Å². The maximum absolute atomic E-state index is 14.3. The number of rotatable bonds is 9. The number of hydrogen-bond acceptors (Lipinski definition) is 8. The van der Waals surface area contributed by atoms with Crippen molar-refractivity contribution in [3.8, 4) is 5.75 Å². The second kappa shape index (κ2) is 12.1. The van der Waals surface area contributed by atoms with Crippen LogP contribution in [-0.4, -0.2) is 68.1 Å². The van der Waals surface area contributed by atoms with Crippen molar-refractivity contribution in [3.05, 3.63) is 95.5 Å². The molecule has 10 nitrogen and oxygen atoms in total. The molecule has 5 N–H and O–H groups in total. The maximum atomic E-state index is 14.3. The molecule has 0 bridgehead atoms. The summed E-state index contributed by atoms with van der Waals surface area (Å²) in [6.07, 6.45) is -10.1. The molecule has 0 radical (unpaired) electrons. The molecule has 2 aliphatic heterocycles. The molecule has 3 aromatic carbocycles. The van der Waals surface area contributed by atoms with Gasteiger partial charge in [-0.1, -0.05) is 24.3 Å². The van der Waals surface area contributed by atoms with Gasteiger partial charge >= 0.3 is 5.97 Å². The summed E-state index contributed by atoms with van der Waals surface area (Å²) in [5.41, 5.74) is 0.377. The topological polar surface area (TPSA) is 157 Å². The van der Waals surface area contributed by atoms with Gasteiger partial charge in [-0.15, -0.1) is 0 Å². The lowest BCUT2D eigenvalue weighted by molar-refractivity contribution is -0.271. The van der Waals surface area contributed by atoms with Gasteiger partial charge in [0.25, 0.3) is 0 Å². The summed E-state index contributed by atoms with van der Waals surface area (Å²) in [5.74, 6) is -4.89. The molecule has 0 spiro atoms. The Hall–Kier alpha value is -3.94. The fourth-order valence-electron chi connectivity index (χ4n) is 5.09. The van der Waals surface area contributed by atoms with E-state index in [0.29, 0.717) is 11.1 Å². The van der Waals surface area contributed by atoms with Crippen LogP contribution in [0.15, 0.2) is 72.7 Å². The van der Waals surface area contributed by atoms with Gasteiger partial charge in [0.2, 0.25) is 12.2 Å². The number of carboxylic acids is 1. The summed E-state index contributed by atoms with van der Waals surface area (Å²) < 4.78 is 70.7. The summed E-state index contributed by atoms with van der Waals surface area (Å²) in [7, 11) is 0. The molecule has 2 saturated heterocycles. The maximum Gasteiger partial charge on any atom is 0.335 e. The third kappa shape index (κ3) is 5.85. The number of carboxylic acid groups (broad SMARTS) is 1. The largest absolute Gasteiger partial charge is 0.479 e. The highest BCUT2D eigenvalue weighted by Crippen LogP contribution is 2.46. The highest BCUT2D eigenvalue weighted by Gasteiger charge is 2.49. The Labute approximate surface area is 244 Å². The third-order valence-corrected chi connectivity index (χ3v) is 7.33.